The summed E-state index contributed by atoms with van der Waals surface area (Å²) in [6.45, 7) is 3.94. The van der Waals surface area contributed by atoms with Crippen molar-refractivity contribution in [2.45, 2.75) is 38.3 Å². The number of nitrogens with one attached hydrogen (secondary N) is 1. The topological polar surface area (TPSA) is 47.3 Å². The highest BCUT2D eigenvalue weighted by atomic mass is 19.2. The van der Waals surface area contributed by atoms with E-state index in [1.165, 1.54) is 6.07 Å². The molecule has 1 aromatic carbocycles. The van der Waals surface area contributed by atoms with Gasteiger partial charge in [0.2, 0.25) is 0 Å². The molecule has 0 spiro atoms. The van der Waals surface area contributed by atoms with Gasteiger partial charge in [0.05, 0.1) is 11.6 Å². The maximum Gasteiger partial charge on any atom is 0.159 e. The minimum absolute atomic E-state index is 0.396. The Morgan fingerprint density at radius 1 is 1.28 bits per heavy atom. The zero-order valence-corrected chi connectivity index (χ0v) is 11.0. The minimum Gasteiger partial charge on any atom is -0.376 e. The van der Waals surface area contributed by atoms with Gasteiger partial charge in [-0.25, -0.2) is 8.78 Å². The molecule has 0 radical (unpaired) electrons. The lowest BCUT2D eigenvalue weighted by Crippen LogP contribution is -2.47. The van der Waals surface area contributed by atoms with Gasteiger partial charge in [-0.15, -0.1) is 0 Å². The molecule has 102 valence electrons. The van der Waals surface area contributed by atoms with Crippen molar-refractivity contribution in [1.82, 2.24) is 5.43 Å². The van der Waals surface area contributed by atoms with Crippen LogP contribution in [0.1, 0.15) is 38.3 Å². The van der Waals surface area contributed by atoms with E-state index in [2.05, 4.69) is 5.43 Å². The van der Waals surface area contributed by atoms with Crippen LogP contribution in [0.25, 0.3) is 0 Å². The molecule has 1 atom stereocenters. The van der Waals surface area contributed by atoms with Crippen molar-refractivity contribution in [3.63, 3.8) is 0 Å². The first-order valence-corrected chi connectivity index (χ1v) is 6.00. The summed E-state index contributed by atoms with van der Waals surface area (Å²) >= 11 is 0. The number of nitrogens with two attached hydrogens (primary N) is 1. The van der Waals surface area contributed by atoms with Crippen LogP contribution in [0, 0.1) is 11.6 Å². The second-order valence-electron chi connectivity index (χ2n) is 4.25. The van der Waals surface area contributed by atoms with Crippen molar-refractivity contribution in [2.24, 2.45) is 5.84 Å². The smallest absolute Gasteiger partial charge is 0.159 e. The molecule has 18 heavy (non-hydrogen) atoms. The van der Waals surface area contributed by atoms with Gasteiger partial charge in [-0.1, -0.05) is 19.9 Å². The number of ether oxygens (including phenoxy) is 1. The number of hydrogen-bond donors (Lipinski definition) is 2. The summed E-state index contributed by atoms with van der Waals surface area (Å²) in [6, 6.07) is 3.37. The van der Waals surface area contributed by atoms with E-state index in [-0.39, 0.29) is 0 Å². The molecule has 0 saturated heterocycles. The van der Waals surface area contributed by atoms with Crippen molar-refractivity contribution in [1.29, 1.82) is 0 Å². The third-order valence-corrected chi connectivity index (χ3v) is 3.57. The number of hydrogen-bond acceptors (Lipinski definition) is 3. The molecule has 3 nitrogen and oxygen atoms in total. The Hall–Kier alpha value is -1.04. The van der Waals surface area contributed by atoms with Crippen LogP contribution in [0.4, 0.5) is 8.78 Å². The van der Waals surface area contributed by atoms with E-state index < -0.39 is 23.3 Å². The average molecular weight is 258 g/mol. The lowest BCUT2D eigenvalue weighted by molar-refractivity contribution is -0.0487. The quantitative estimate of drug-likeness (QED) is 0.609. The lowest BCUT2D eigenvalue weighted by atomic mass is 9.84. The number of benzene rings is 1. The molecule has 1 rings (SSSR count). The molecular formula is C13H20F2N2O. The molecule has 0 aliphatic rings. The fourth-order valence-electron chi connectivity index (χ4n) is 2.31. The van der Waals surface area contributed by atoms with Gasteiger partial charge in [-0.3, -0.25) is 11.3 Å². The van der Waals surface area contributed by atoms with Gasteiger partial charge in [-0.05, 0) is 30.5 Å². The second-order valence-corrected chi connectivity index (χ2v) is 4.25. The molecule has 0 amide bonds. The van der Waals surface area contributed by atoms with Gasteiger partial charge in [0, 0.05) is 7.11 Å². The molecule has 0 aromatic heterocycles. The Balaban J connectivity index is 3.19. The second kappa shape index (κ2) is 6.22. The summed E-state index contributed by atoms with van der Waals surface area (Å²) < 4.78 is 31.8. The van der Waals surface area contributed by atoms with E-state index in [9.17, 15) is 8.78 Å². The fourth-order valence-corrected chi connectivity index (χ4v) is 2.31. The largest absolute Gasteiger partial charge is 0.376 e. The monoisotopic (exact) mass is 258 g/mol. The van der Waals surface area contributed by atoms with Gasteiger partial charge in [0.25, 0.3) is 0 Å². The highest BCUT2D eigenvalue weighted by Crippen LogP contribution is 2.34. The molecular weight excluding hydrogens is 238 g/mol. The standard InChI is InChI=1S/C13H20F2N2O/c1-4-13(5-2,18-3)12(17-16)9-6-7-10(14)11(15)8-9/h6-8,12,17H,4-5,16H2,1-3H3. The van der Waals surface area contributed by atoms with Crippen LogP contribution in [0.2, 0.25) is 0 Å². The Morgan fingerprint density at radius 3 is 2.28 bits per heavy atom. The summed E-state index contributed by atoms with van der Waals surface area (Å²) in [5, 5.41) is 0. The number of hydrazine groups is 1. The van der Waals surface area contributed by atoms with E-state index in [0.29, 0.717) is 18.4 Å². The highest BCUT2D eigenvalue weighted by molar-refractivity contribution is 5.24. The number of methoxy groups -OCH3 is 1. The zero-order chi connectivity index (χ0) is 13.8. The van der Waals surface area contributed by atoms with Crippen molar-refractivity contribution < 1.29 is 13.5 Å². The zero-order valence-electron chi connectivity index (χ0n) is 11.0. The summed E-state index contributed by atoms with van der Waals surface area (Å²) in [5.41, 5.74) is 2.67. The predicted molar refractivity (Wildman–Crippen MR) is 66.7 cm³/mol. The number of halogens is 2. The van der Waals surface area contributed by atoms with E-state index in [1.54, 1.807) is 7.11 Å². The van der Waals surface area contributed by atoms with Crippen LogP contribution in [0.3, 0.4) is 0 Å². The van der Waals surface area contributed by atoms with Gasteiger partial charge in [0.1, 0.15) is 0 Å². The molecule has 3 N–H and O–H groups in total. The van der Waals surface area contributed by atoms with E-state index in [0.717, 1.165) is 12.1 Å². The number of rotatable bonds is 6. The molecule has 1 unspecified atom stereocenters. The molecule has 0 fully saturated rings. The van der Waals surface area contributed by atoms with Crippen LogP contribution >= 0.6 is 0 Å². The molecule has 5 heteroatoms. The van der Waals surface area contributed by atoms with E-state index in [4.69, 9.17) is 10.6 Å². The molecule has 0 bridgehead atoms. The van der Waals surface area contributed by atoms with Crippen LogP contribution in [-0.2, 0) is 4.74 Å². The van der Waals surface area contributed by atoms with E-state index in [1.807, 2.05) is 13.8 Å². The normalized spacial score (nSPS) is 13.7. The SMILES string of the molecule is CCC(CC)(OC)C(NN)c1ccc(F)c(F)c1. The summed E-state index contributed by atoms with van der Waals surface area (Å²) in [7, 11) is 1.59. The molecule has 0 saturated carbocycles. The van der Waals surface area contributed by atoms with Crippen LogP contribution in [0.15, 0.2) is 18.2 Å². The lowest BCUT2D eigenvalue weighted by Gasteiger charge is -2.38. The molecule has 0 aliphatic heterocycles. The van der Waals surface area contributed by atoms with Crippen molar-refractivity contribution in [2.75, 3.05) is 7.11 Å². The Bertz CT molecular complexity index is 386. The Labute approximate surface area is 106 Å². The van der Waals surface area contributed by atoms with Crippen molar-refractivity contribution in [3.8, 4) is 0 Å². The average Bonchev–Trinajstić information content (AvgIpc) is 2.40. The van der Waals surface area contributed by atoms with Gasteiger partial charge >= 0.3 is 0 Å². The first kappa shape index (κ1) is 15.0. The maximum atomic E-state index is 13.3. The van der Waals surface area contributed by atoms with Gasteiger partial charge in [-0.2, -0.15) is 0 Å². The summed E-state index contributed by atoms with van der Waals surface area (Å²) in [6.07, 6.45) is 1.40. The van der Waals surface area contributed by atoms with Crippen molar-refractivity contribution >= 4 is 0 Å². The van der Waals surface area contributed by atoms with Crippen LogP contribution < -0.4 is 11.3 Å². The molecule has 0 heterocycles. The third kappa shape index (κ3) is 2.68. The fraction of sp³-hybridized carbons (Fsp3) is 0.538. The predicted octanol–water partition coefficient (Wildman–Crippen LogP) is 2.67. The summed E-state index contributed by atoms with van der Waals surface area (Å²) in [4.78, 5) is 0. The third-order valence-electron chi connectivity index (χ3n) is 3.57. The van der Waals surface area contributed by atoms with E-state index >= 15 is 0 Å². The first-order valence-electron chi connectivity index (χ1n) is 6.00. The Kier molecular flexibility index (Phi) is 5.19. The van der Waals surface area contributed by atoms with Gasteiger partial charge < -0.3 is 4.74 Å². The van der Waals surface area contributed by atoms with Crippen LogP contribution in [0.5, 0.6) is 0 Å². The summed E-state index contributed by atoms with van der Waals surface area (Å²) in [5.74, 6) is 3.81. The van der Waals surface area contributed by atoms with Gasteiger partial charge in [0.15, 0.2) is 11.6 Å². The molecule has 1 aromatic rings. The highest BCUT2D eigenvalue weighted by Gasteiger charge is 2.36. The van der Waals surface area contributed by atoms with Crippen molar-refractivity contribution in [3.05, 3.63) is 35.4 Å². The van der Waals surface area contributed by atoms with Crippen LogP contribution in [-0.4, -0.2) is 12.7 Å². The molecule has 0 aliphatic carbocycles. The first-order chi connectivity index (χ1) is 8.54. The maximum absolute atomic E-state index is 13.3. The minimum atomic E-state index is -0.884. The Morgan fingerprint density at radius 2 is 1.89 bits per heavy atom.